The van der Waals surface area contributed by atoms with E-state index in [4.69, 9.17) is 5.73 Å². The van der Waals surface area contributed by atoms with Crippen LogP contribution in [0.3, 0.4) is 0 Å². The highest BCUT2D eigenvalue weighted by Crippen LogP contribution is 2.31. The van der Waals surface area contributed by atoms with Gasteiger partial charge in [0, 0.05) is 14.5 Å². The van der Waals surface area contributed by atoms with E-state index in [9.17, 15) is 4.39 Å². The molecule has 0 aliphatic heterocycles. The molecule has 0 radical (unpaired) electrons. The summed E-state index contributed by atoms with van der Waals surface area (Å²) in [6.07, 6.45) is 0. The summed E-state index contributed by atoms with van der Waals surface area (Å²) < 4.78 is 15.6. The Morgan fingerprint density at radius 3 is 2.56 bits per heavy atom. The molecule has 0 aliphatic carbocycles. The molecule has 4 heteroatoms. The standard InChI is InChI=1S/C14H12Br2FN/c1-8-3-2-4-10(13(8)16)14(18)11-7-9(15)5-6-12(11)17/h2-7,14H,18H2,1H3. The Morgan fingerprint density at radius 1 is 1.11 bits per heavy atom. The second-order valence-corrected chi connectivity index (χ2v) is 5.83. The lowest BCUT2D eigenvalue weighted by Gasteiger charge is -2.16. The van der Waals surface area contributed by atoms with E-state index < -0.39 is 6.04 Å². The average molecular weight is 373 g/mol. The highest BCUT2D eigenvalue weighted by Gasteiger charge is 2.17. The van der Waals surface area contributed by atoms with E-state index in [2.05, 4.69) is 31.9 Å². The molecule has 0 bridgehead atoms. The molecule has 0 fully saturated rings. The van der Waals surface area contributed by atoms with Crippen LogP contribution in [0.2, 0.25) is 0 Å². The summed E-state index contributed by atoms with van der Waals surface area (Å²) in [5.41, 5.74) is 8.61. The number of rotatable bonds is 2. The van der Waals surface area contributed by atoms with Gasteiger partial charge >= 0.3 is 0 Å². The summed E-state index contributed by atoms with van der Waals surface area (Å²) in [5.74, 6) is -0.292. The van der Waals surface area contributed by atoms with Gasteiger partial charge < -0.3 is 5.73 Å². The molecule has 0 saturated heterocycles. The van der Waals surface area contributed by atoms with Gasteiger partial charge in [-0.1, -0.05) is 50.1 Å². The number of halogens is 3. The largest absolute Gasteiger partial charge is 0.320 e. The molecule has 1 nitrogen and oxygen atoms in total. The smallest absolute Gasteiger partial charge is 0.128 e. The summed E-state index contributed by atoms with van der Waals surface area (Å²) in [4.78, 5) is 0. The first-order valence-corrected chi connectivity index (χ1v) is 7.05. The minimum atomic E-state index is -0.489. The van der Waals surface area contributed by atoms with E-state index in [0.29, 0.717) is 5.56 Å². The van der Waals surface area contributed by atoms with Gasteiger partial charge in [-0.25, -0.2) is 4.39 Å². The zero-order valence-electron chi connectivity index (χ0n) is 9.75. The fourth-order valence-corrected chi connectivity index (χ4v) is 2.72. The van der Waals surface area contributed by atoms with Crippen LogP contribution in [-0.2, 0) is 0 Å². The second-order valence-electron chi connectivity index (χ2n) is 4.12. The van der Waals surface area contributed by atoms with Crippen LogP contribution in [0.1, 0.15) is 22.7 Å². The van der Waals surface area contributed by atoms with Gasteiger partial charge in [0.05, 0.1) is 6.04 Å². The predicted molar refractivity (Wildman–Crippen MR) is 79.0 cm³/mol. The molecule has 2 rings (SSSR count). The number of nitrogens with two attached hydrogens (primary N) is 1. The van der Waals surface area contributed by atoms with Crippen molar-refractivity contribution in [2.24, 2.45) is 5.73 Å². The molecule has 18 heavy (non-hydrogen) atoms. The van der Waals surface area contributed by atoms with Gasteiger partial charge in [0.1, 0.15) is 5.82 Å². The second kappa shape index (κ2) is 5.51. The maximum Gasteiger partial charge on any atom is 0.128 e. The Kier molecular flexibility index (Phi) is 4.20. The first-order chi connectivity index (χ1) is 8.50. The van der Waals surface area contributed by atoms with Gasteiger partial charge in [0.2, 0.25) is 0 Å². The van der Waals surface area contributed by atoms with E-state index in [0.717, 1.165) is 20.1 Å². The van der Waals surface area contributed by atoms with E-state index in [1.807, 2.05) is 25.1 Å². The maximum absolute atomic E-state index is 13.8. The lowest BCUT2D eigenvalue weighted by Crippen LogP contribution is -2.14. The third kappa shape index (κ3) is 2.66. The highest BCUT2D eigenvalue weighted by atomic mass is 79.9. The fraction of sp³-hybridized carbons (Fsp3) is 0.143. The van der Waals surface area contributed by atoms with E-state index >= 15 is 0 Å². The topological polar surface area (TPSA) is 26.0 Å². The summed E-state index contributed by atoms with van der Waals surface area (Å²) in [5, 5.41) is 0. The van der Waals surface area contributed by atoms with Crippen molar-refractivity contribution in [2.75, 3.05) is 0 Å². The lowest BCUT2D eigenvalue weighted by molar-refractivity contribution is 0.599. The van der Waals surface area contributed by atoms with Crippen LogP contribution in [0.25, 0.3) is 0 Å². The molecule has 2 N–H and O–H groups in total. The molecule has 2 aromatic carbocycles. The Morgan fingerprint density at radius 2 is 1.83 bits per heavy atom. The number of hydrogen-bond acceptors (Lipinski definition) is 1. The molecule has 0 amide bonds. The SMILES string of the molecule is Cc1cccc(C(N)c2cc(Br)ccc2F)c1Br. The number of aryl methyl sites for hydroxylation is 1. The Labute approximate surface area is 122 Å². The summed E-state index contributed by atoms with van der Waals surface area (Å²) in [7, 11) is 0. The van der Waals surface area contributed by atoms with Gasteiger partial charge in [0.25, 0.3) is 0 Å². The Balaban J connectivity index is 2.51. The van der Waals surface area contributed by atoms with Crippen molar-refractivity contribution in [3.63, 3.8) is 0 Å². The first-order valence-electron chi connectivity index (χ1n) is 5.46. The van der Waals surface area contributed by atoms with Crippen LogP contribution in [0, 0.1) is 12.7 Å². The fourth-order valence-electron chi connectivity index (χ4n) is 1.83. The Hall–Kier alpha value is -0.710. The minimum Gasteiger partial charge on any atom is -0.320 e. The van der Waals surface area contributed by atoms with Crippen LogP contribution in [0.15, 0.2) is 45.3 Å². The quantitative estimate of drug-likeness (QED) is 0.811. The number of hydrogen-bond donors (Lipinski definition) is 1. The number of benzene rings is 2. The summed E-state index contributed by atoms with van der Waals surface area (Å²) in [6, 6.07) is 10.1. The molecule has 1 atom stereocenters. The summed E-state index contributed by atoms with van der Waals surface area (Å²) in [6.45, 7) is 1.98. The first kappa shape index (κ1) is 13.7. The van der Waals surface area contributed by atoms with Crippen LogP contribution >= 0.6 is 31.9 Å². The van der Waals surface area contributed by atoms with E-state index in [-0.39, 0.29) is 5.82 Å². The van der Waals surface area contributed by atoms with Gasteiger partial charge in [-0.05, 0) is 36.2 Å². The molecule has 0 saturated carbocycles. The van der Waals surface area contributed by atoms with Gasteiger partial charge in [-0.2, -0.15) is 0 Å². The zero-order valence-corrected chi connectivity index (χ0v) is 12.9. The minimum absolute atomic E-state index is 0.292. The molecule has 0 heterocycles. The molecule has 94 valence electrons. The van der Waals surface area contributed by atoms with Crippen molar-refractivity contribution >= 4 is 31.9 Å². The van der Waals surface area contributed by atoms with Crippen molar-refractivity contribution < 1.29 is 4.39 Å². The van der Waals surface area contributed by atoms with Crippen molar-refractivity contribution in [3.8, 4) is 0 Å². The third-order valence-electron chi connectivity index (χ3n) is 2.85. The van der Waals surface area contributed by atoms with Crippen molar-refractivity contribution in [3.05, 3.63) is 67.9 Å². The molecule has 0 spiro atoms. The average Bonchev–Trinajstić information content (AvgIpc) is 2.35. The van der Waals surface area contributed by atoms with Crippen molar-refractivity contribution in [2.45, 2.75) is 13.0 Å². The van der Waals surface area contributed by atoms with Crippen LogP contribution in [-0.4, -0.2) is 0 Å². The summed E-state index contributed by atoms with van der Waals surface area (Å²) >= 11 is 6.84. The monoisotopic (exact) mass is 371 g/mol. The third-order valence-corrected chi connectivity index (χ3v) is 4.43. The highest BCUT2D eigenvalue weighted by molar-refractivity contribution is 9.10. The molecule has 1 unspecified atom stereocenters. The van der Waals surface area contributed by atoms with Crippen LogP contribution in [0.5, 0.6) is 0 Å². The van der Waals surface area contributed by atoms with Crippen LogP contribution < -0.4 is 5.73 Å². The molecule has 2 aromatic rings. The maximum atomic E-state index is 13.8. The van der Waals surface area contributed by atoms with Gasteiger partial charge in [-0.15, -0.1) is 0 Å². The molecular weight excluding hydrogens is 361 g/mol. The molecular formula is C14H12Br2FN. The zero-order chi connectivity index (χ0) is 13.3. The molecule has 0 aliphatic rings. The lowest BCUT2D eigenvalue weighted by atomic mass is 9.98. The van der Waals surface area contributed by atoms with Crippen molar-refractivity contribution in [1.29, 1.82) is 0 Å². The normalized spacial score (nSPS) is 12.5. The predicted octanol–water partition coefficient (Wildman–Crippen LogP) is 4.71. The molecule has 0 aromatic heterocycles. The van der Waals surface area contributed by atoms with Gasteiger partial charge in [-0.3, -0.25) is 0 Å². The van der Waals surface area contributed by atoms with Gasteiger partial charge in [0.15, 0.2) is 0 Å². The van der Waals surface area contributed by atoms with Crippen molar-refractivity contribution in [1.82, 2.24) is 0 Å². The van der Waals surface area contributed by atoms with Crippen LogP contribution in [0.4, 0.5) is 4.39 Å². The Bertz CT molecular complexity index is 582. The van der Waals surface area contributed by atoms with E-state index in [1.54, 1.807) is 12.1 Å². The van der Waals surface area contributed by atoms with E-state index in [1.165, 1.54) is 6.07 Å².